The molecule has 0 unspecified atom stereocenters. The first-order valence-corrected chi connectivity index (χ1v) is 8.17. The van der Waals surface area contributed by atoms with Crippen LogP contribution in [0.25, 0.3) is 0 Å². The number of benzene rings is 1. The van der Waals surface area contributed by atoms with E-state index in [-0.39, 0.29) is 11.8 Å². The summed E-state index contributed by atoms with van der Waals surface area (Å²) in [5.41, 5.74) is 0.926. The van der Waals surface area contributed by atoms with Crippen molar-refractivity contribution in [2.24, 2.45) is 0 Å². The Labute approximate surface area is 143 Å². The fourth-order valence-electron chi connectivity index (χ4n) is 2.38. The Hall–Kier alpha value is -2.37. The van der Waals surface area contributed by atoms with Gasteiger partial charge in [-0.2, -0.15) is 0 Å². The number of hydrogen-bond donors (Lipinski definition) is 2. The van der Waals surface area contributed by atoms with Crippen molar-refractivity contribution in [1.82, 2.24) is 10.6 Å². The molecule has 6 heteroatoms. The van der Waals surface area contributed by atoms with Gasteiger partial charge in [-0.05, 0) is 12.0 Å². The van der Waals surface area contributed by atoms with Crippen LogP contribution in [0.4, 0.5) is 0 Å². The topological polar surface area (TPSA) is 84.5 Å². The van der Waals surface area contributed by atoms with E-state index in [1.807, 2.05) is 37.3 Å². The Balaban J connectivity index is 2.81. The highest BCUT2D eigenvalue weighted by atomic mass is 16.5. The number of methoxy groups -OCH3 is 1. The van der Waals surface area contributed by atoms with Crippen LogP contribution in [0.1, 0.15) is 38.7 Å². The van der Waals surface area contributed by atoms with Crippen LogP contribution in [0, 0.1) is 0 Å². The summed E-state index contributed by atoms with van der Waals surface area (Å²) in [5.74, 6) is -1.16. The minimum absolute atomic E-state index is 0.297. The van der Waals surface area contributed by atoms with Gasteiger partial charge in [-0.1, -0.05) is 50.1 Å². The third-order valence-corrected chi connectivity index (χ3v) is 3.63. The number of carbonyl (C=O) groups is 3. The first-order chi connectivity index (χ1) is 11.5. The van der Waals surface area contributed by atoms with Gasteiger partial charge < -0.3 is 15.4 Å². The Kier molecular flexibility index (Phi) is 8.54. The quantitative estimate of drug-likeness (QED) is 0.672. The molecule has 0 saturated heterocycles. The minimum atomic E-state index is -0.737. The van der Waals surface area contributed by atoms with Gasteiger partial charge in [0.1, 0.15) is 12.1 Å². The molecule has 132 valence electrons. The van der Waals surface area contributed by atoms with E-state index in [4.69, 9.17) is 4.74 Å². The van der Waals surface area contributed by atoms with Crippen molar-refractivity contribution in [2.45, 2.75) is 51.6 Å². The molecule has 6 nitrogen and oxygen atoms in total. The van der Waals surface area contributed by atoms with Crippen LogP contribution in [0.2, 0.25) is 0 Å². The zero-order chi connectivity index (χ0) is 17.9. The number of hydrogen-bond acceptors (Lipinski definition) is 4. The van der Waals surface area contributed by atoms with Crippen LogP contribution in [-0.4, -0.2) is 37.0 Å². The molecule has 0 aliphatic rings. The minimum Gasteiger partial charge on any atom is -0.467 e. The molecular weight excluding hydrogens is 308 g/mol. The molecule has 0 heterocycles. The van der Waals surface area contributed by atoms with Gasteiger partial charge in [-0.25, -0.2) is 4.79 Å². The number of ether oxygens (including phenoxy) is 1. The summed E-state index contributed by atoms with van der Waals surface area (Å²) in [6.45, 7) is 3.37. The summed E-state index contributed by atoms with van der Waals surface area (Å²) in [7, 11) is 1.29. The predicted octanol–water partition coefficient (Wildman–Crippen LogP) is 1.58. The number of amides is 2. The number of carbonyl (C=O) groups excluding carboxylic acids is 3. The molecule has 0 saturated carbocycles. The van der Waals surface area contributed by atoms with Crippen LogP contribution in [-0.2, 0) is 25.5 Å². The summed E-state index contributed by atoms with van der Waals surface area (Å²) < 4.78 is 4.75. The van der Waals surface area contributed by atoms with Gasteiger partial charge >= 0.3 is 5.97 Å². The summed E-state index contributed by atoms with van der Waals surface area (Å²) in [4.78, 5) is 35.8. The van der Waals surface area contributed by atoms with Crippen molar-refractivity contribution in [2.75, 3.05) is 7.11 Å². The van der Waals surface area contributed by atoms with Gasteiger partial charge in [-0.15, -0.1) is 0 Å². The van der Waals surface area contributed by atoms with Gasteiger partial charge in [0.05, 0.1) is 7.11 Å². The lowest BCUT2D eigenvalue weighted by molar-refractivity contribution is -0.145. The van der Waals surface area contributed by atoms with E-state index in [1.54, 1.807) is 0 Å². The zero-order valence-electron chi connectivity index (χ0n) is 14.5. The van der Waals surface area contributed by atoms with Crippen molar-refractivity contribution in [3.05, 3.63) is 35.9 Å². The van der Waals surface area contributed by atoms with Gasteiger partial charge in [0.25, 0.3) is 0 Å². The van der Waals surface area contributed by atoms with E-state index in [0.29, 0.717) is 12.8 Å². The fraction of sp³-hybridized carbons (Fsp3) is 0.500. The highest BCUT2D eigenvalue weighted by molar-refractivity contribution is 5.90. The largest absolute Gasteiger partial charge is 0.467 e. The molecule has 0 radical (unpaired) electrons. The average molecular weight is 334 g/mol. The van der Waals surface area contributed by atoms with Crippen LogP contribution in [0.3, 0.4) is 0 Å². The van der Waals surface area contributed by atoms with Gasteiger partial charge in [-0.3, -0.25) is 9.59 Å². The summed E-state index contributed by atoms with van der Waals surface area (Å²) >= 11 is 0. The second kappa shape index (κ2) is 10.4. The Morgan fingerprint density at radius 2 is 1.75 bits per heavy atom. The molecule has 0 bridgehead atoms. The maximum Gasteiger partial charge on any atom is 0.328 e. The predicted molar refractivity (Wildman–Crippen MR) is 91.2 cm³/mol. The maximum atomic E-state index is 12.5. The highest BCUT2D eigenvalue weighted by Gasteiger charge is 2.26. The lowest BCUT2D eigenvalue weighted by Gasteiger charge is -2.22. The van der Waals surface area contributed by atoms with Crippen LogP contribution < -0.4 is 10.6 Å². The number of esters is 1. The molecule has 0 aromatic heterocycles. The molecule has 2 N–H and O–H groups in total. The molecule has 0 fully saturated rings. The standard InChI is InChI=1S/C18H26N2O4/c1-4-5-11-15(18(23)24-3)20-17(22)16(19-13(2)21)12-14-9-7-6-8-10-14/h6-10,15-16H,4-5,11-12H2,1-3H3,(H,19,21)(H,20,22)/t15-,16-/m1/s1. The van der Waals surface area contributed by atoms with E-state index in [9.17, 15) is 14.4 Å². The highest BCUT2D eigenvalue weighted by Crippen LogP contribution is 2.07. The van der Waals surface area contributed by atoms with E-state index >= 15 is 0 Å². The monoisotopic (exact) mass is 334 g/mol. The first-order valence-electron chi connectivity index (χ1n) is 8.17. The number of nitrogens with one attached hydrogen (secondary N) is 2. The summed E-state index contributed by atoms with van der Waals surface area (Å²) in [6, 6.07) is 7.96. The van der Waals surface area contributed by atoms with E-state index in [2.05, 4.69) is 10.6 Å². The molecule has 1 aromatic rings. The lowest BCUT2D eigenvalue weighted by atomic mass is 10.0. The van der Waals surface area contributed by atoms with E-state index in [0.717, 1.165) is 18.4 Å². The smallest absolute Gasteiger partial charge is 0.328 e. The third-order valence-electron chi connectivity index (χ3n) is 3.63. The third kappa shape index (κ3) is 6.81. The molecule has 24 heavy (non-hydrogen) atoms. The Morgan fingerprint density at radius 1 is 1.08 bits per heavy atom. The molecule has 2 atom stereocenters. The van der Waals surface area contributed by atoms with E-state index in [1.165, 1.54) is 14.0 Å². The first kappa shape index (κ1) is 19.7. The van der Waals surface area contributed by atoms with Crippen LogP contribution in [0.5, 0.6) is 0 Å². The van der Waals surface area contributed by atoms with Gasteiger partial charge in [0, 0.05) is 13.3 Å². The number of rotatable bonds is 9. The molecule has 1 aromatic carbocycles. The second-order valence-corrected chi connectivity index (χ2v) is 5.67. The summed E-state index contributed by atoms with van der Waals surface area (Å²) in [5, 5.41) is 5.34. The molecular formula is C18H26N2O4. The van der Waals surface area contributed by atoms with Crippen molar-refractivity contribution in [3.63, 3.8) is 0 Å². The van der Waals surface area contributed by atoms with Crippen molar-refractivity contribution < 1.29 is 19.1 Å². The Bertz CT molecular complexity index is 545. The van der Waals surface area contributed by atoms with Crippen LogP contribution in [0.15, 0.2) is 30.3 Å². The second-order valence-electron chi connectivity index (χ2n) is 5.67. The van der Waals surface area contributed by atoms with Crippen molar-refractivity contribution >= 4 is 17.8 Å². The normalized spacial score (nSPS) is 12.8. The Morgan fingerprint density at radius 3 is 2.29 bits per heavy atom. The fourth-order valence-corrected chi connectivity index (χ4v) is 2.38. The molecule has 0 aliphatic carbocycles. The van der Waals surface area contributed by atoms with Crippen molar-refractivity contribution in [3.8, 4) is 0 Å². The molecule has 1 rings (SSSR count). The SMILES string of the molecule is CCCC[C@@H](NC(=O)[C@@H](Cc1ccccc1)NC(C)=O)C(=O)OC. The molecule has 0 aliphatic heterocycles. The van der Waals surface area contributed by atoms with Gasteiger partial charge in [0.15, 0.2) is 0 Å². The van der Waals surface area contributed by atoms with Gasteiger partial charge in [0.2, 0.25) is 11.8 Å². The zero-order valence-corrected chi connectivity index (χ0v) is 14.5. The van der Waals surface area contributed by atoms with E-state index < -0.39 is 18.1 Å². The molecule has 2 amide bonds. The van der Waals surface area contributed by atoms with Crippen molar-refractivity contribution in [1.29, 1.82) is 0 Å². The van der Waals surface area contributed by atoms with Crippen LogP contribution >= 0.6 is 0 Å². The maximum absolute atomic E-state index is 12.5. The average Bonchev–Trinajstić information content (AvgIpc) is 2.57. The molecule has 0 spiro atoms. The summed E-state index contributed by atoms with van der Waals surface area (Å²) in [6.07, 6.45) is 2.56. The number of unbranched alkanes of at least 4 members (excludes halogenated alkanes) is 1. The lowest BCUT2D eigenvalue weighted by Crippen LogP contribution is -2.52.